The molecule has 0 aromatic carbocycles. The largest absolute Gasteiger partial charge is 0.357 e. The molecule has 0 saturated carbocycles. The number of hydrogen-bond acceptors (Lipinski definition) is 5. The maximum Gasteiger partial charge on any atom is 0.242 e. The van der Waals surface area contributed by atoms with E-state index in [0.29, 0.717) is 18.5 Å². The standard InChI is InChI=1S/C17H24N6O.C3H8/c1-6-24-12(4)22-10-13(9-19-22)14-7-8-15-20-17(18-5)21-23(15)16(14)11(2)3;1-3-2/h7-12H,6H2,1-5H3,(H,18,21);3H2,1-2H3. The van der Waals surface area contributed by atoms with Crippen molar-refractivity contribution in [2.24, 2.45) is 0 Å². The van der Waals surface area contributed by atoms with Crippen LogP contribution in [0.3, 0.4) is 0 Å². The summed E-state index contributed by atoms with van der Waals surface area (Å²) in [6.07, 6.45) is 5.05. The van der Waals surface area contributed by atoms with Crippen LogP contribution >= 0.6 is 0 Å². The van der Waals surface area contributed by atoms with Crippen LogP contribution in [-0.2, 0) is 4.74 Å². The summed E-state index contributed by atoms with van der Waals surface area (Å²) in [7, 11) is 1.82. The minimum atomic E-state index is -0.0859. The lowest BCUT2D eigenvalue weighted by Gasteiger charge is -2.13. The van der Waals surface area contributed by atoms with Gasteiger partial charge in [-0.25, -0.2) is 9.20 Å². The highest BCUT2D eigenvalue weighted by atomic mass is 16.5. The molecule has 3 heterocycles. The van der Waals surface area contributed by atoms with Crippen molar-refractivity contribution in [1.82, 2.24) is 24.4 Å². The molecule has 7 nitrogen and oxygen atoms in total. The van der Waals surface area contributed by atoms with Gasteiger partial charge in [-0.3, -0.25) is 0 Å². The molecule has 0 bridgehead atoms. The molecule has 0 fully saturated rings. The molecule has 0 amide bonds. The number of nitrogens with one attached hydrogen (secondary N) is 1. The molecule has 1 atom stereocenters. The van der Waals surface area contributed by atoms with Crippen LogP contribution in [0.1, 0.15) is 65.8 Å². The Balaban J connectivity index is 0.000000817. The Morgan fingerprint density at radius 3 is 2.44 bits per heavy atom. The molecule has 0 saturated heterocycles. The number of ether oxygens (including phenoxy) is 1. The predicted octanol–water partition coefficient (Wildman–Crippen LogP) is 4.73. The van der Waals surface area contributed by atoms with Gasteiger partial charge in [0, 0.05) is 31.0 Å². The smallest absolute Gasteiger partial charge is 0.242 e. The van der Waals surface area contributed by atoms with Gasteiger partial charge in [-0.15, -0.1) is 5.10 Å². The van der Waals surface area contributed by atoms with Crippen LogP contribution in [0.2, 0.25) is 0 Å². The van der Waals surface area contributed by atoms with E-state index in [1.54, 1.807) is 0 Å². The van der Waals surface area contributed by atoms with E-state index >= 15 is 0 Å². The number of anilines is 1. The Morgan fingerprint density at radius 2 is 1.85 bits per heavy atom. The molecule has 0 radical (unpaired) electrons. The molecule has 0 spiro atoms. The van der Waals surface area contributed by atoms with Crippen molar-refractivity contribution in [2.75, 3.05) is 19.0 Å². The lowest BCUT2D eigenvalue weighted by Crippen LogP contribution is -2.09. The van der Waals surface area contributed by atoms with Gasteiger partial charge in [-0.2, -0.15) is 10.1 Å². The highest BCUT2D eigenvalue weighted by Crippen LogP contribution is 2.30. The first kappa shape index (κ1) is 20.9. The number of hydrogen-bond donors (Lipinski definition) is 1. The van der Waals surface area contributed by atoms with Gasteiger partial charge in [-0.1, -0.05) is 34.1 Å². The fourth-order valence-electron chi connectivity index (χ4n) is 2.87. The third kappa shape index (κ3) is 4.66. The first-order chi connectivity index (χ1) is 13.0. The topological polar surface area (TPSA) is 69.3 Å². The molecular weight excluding hydrogens is 340 g/mol. The molecule has 0 aliphatic rings. The normalized spacial score (nSPS) is 12.1. The van der Waals surface area contributed by atoms with Crippen molar-refractivity contribution < 1.29 is 4.74 Å². The lowest BCUT2D eigenvalue weighted by molar-refractivity contribution is 0.0160. The van der Waals surface area contributed by atoms with Crippen LogP contribution in [0.25, 0.3) is 16.8 Å². The van der Waals surface area contributed by atoms with E-state index < -0.39 is 0 Å². The number of nitrogens with zero attached hydrogens (tertiary/aromatic N) is 5. The molecule has 27 heavy (non-hydrogen) atoms. The van der Waals surface area contributed by atoms with Crippen LogP contribution in [-0.4, -0.2) is 38.0 Å². The van der Waals surface area contributed by atoms with Gasteiger partial charge in [0.05, 0.1) is 11.9 Å². The van der Waals surface area contributed by atoms with E-state index in [4.69, 9.17) is 4.74 Å². The number of pyridine rings is 1. The fourth-order valence-corrected chi connectivity index (χ4v) is 2.87. The average Bonchev–Trinajstić information content (AvgIpc) is 3.28. The van der Waals surface area contributed by atoms with Crippen molar-refractivity contribution in [3.05, 3.63) is 30.2 Å². The Labute approximate surface area is 161 Å². The summed E-state index contributed by atoms with van der Waals surface area (Å²) in [5.74, 6) is 0.914. The van der Waals surface area contributed by atoms with E-state index in [1.165, 1.54) is 6.42 Å². The molecule has 1 N–H and O–H groups in total. The van der Waals surface area contributed by atoms with Crippen LogP contribution in [0, 0.1) is 0 Å². The van der Waals surface area contributed by atoms with E-state index in [0.717, 1.165) is 22.5 Å². The van der Waals surface area contributed by atoms with Gasteiger partial charge in [0.25, 0.3) is 0 Å². The monoisotopic (exact) mass is 372 g/mol. The second-order valence-electron chi connectivity index (χ2n) is 6.71. The minimum Gasteiger partial charge on any atom is -0.357 e. The number of fused-ring (bicyclic) bond motifs is 1. The zero-order valence-electron chi connectivity index (χ0n) is 17.5. The van der Waals surface area contributed by atoms with Crippen LogP contribution < -0.4 is 5.32 Å². The van der Waals surface area contributed by atoms with E-state index in [9.17, 15) is 0 Å². The Bertz CT molecular complexity index is 851. The van der Waals surface area contributed by atoms with Gasteiger partial charge >= 0.3 is 0 Å². The molecule has 3 aromatic rings. The predicted molar refractivity (Wildman–Crippen MR) is 110 cm³/mol. The van der Waals surface area contributed by atoms with Gasteiger partial charge in [0.15, 0.2) is 5.65 Å². The van der Waals surface area contributed by atoms with Crippen LogP contribution in [0.5, 0.6) is 0 Å². The highest BCUT2D eigenvalue weighted by molar-refractivity contribution is 5.68. The van der Waals surface area contributed by atoms with Gasteiger partial charge < -0.3 is 10.1 Å². The molecule has 3 aromatic heterocycles. The van der Waals surface area contributed by atoms with Crippen molar-refractivity contribution in [3.8, 4) is 11.1 Å². The first-order valence-corrected chi connectivity index (χ1v) is 9.70. The van der Waals surface area contributed by atoms with Gasteiger partial charge in [-0.05, 0) is 31.9 Å². The third-order valence-corrected chi connectivity index (χ3v) is 4.00. The van der Waals surface area contributed by atoms with Crippen molar-refractivity contribution in [3.63, 3.8) is 0 Å². The SMILES string of the molecule is CCC.CCOC(C)n1cc(-c2ccc3nc(NC)nn3c2C(C)C)cn1. The second-order valence-corrected chi connectivity index (χ2v) is 6.71. The fraction of sp³-hybridized carbons (Fsp3) is 0.550. The summed E-state index contributed by atoms with van der Waals surface area (Å²) >= 11 is 0. The number of rotatable bonds is 6. The Morgan fingerprint density at radius 1 is 1.15 bits per heavy atom. The maximum absolute atomic E-state index is 5.61. The summed E-state index contributed by atoms with van der Waals surface area (Å²) < 4.78 is 9.36. The second kappa shape index (κ2) is 9.50. The Kier molecular flexibility index (Phi) is 7.36. The lowest BCUT2D eigenvalue weighted by atomic mass is 10.00. The van der Waals surface area contributed by atoms with Crippen LogP contribution in [0.4, 0.5) is 5.95 Å². The summed E-state index contributed by atoms with van der Waals surface area (Å²) in [6.45, 7) is 13.2. The van der Waals surface area contributed by atoms with Crippen molar-refractivity contribution in [1.29, 1.82) is 0 Å². The molecule has 1 unspecified atom stereocenters. The molecule has 148 valence electrons. The van der Waals surface area contributed by atoms with Crippen molar-refractivity contribution >= 4 is 11.6 Å². The van der Waals surface area contributed by atoms with Gasteiger partial charge in [0.1, 0.15) is 6.23 Å². The molecule has 0 aliphatic heterocycles. The zero-order valence-corrected chi connectivity index (χ0v) is 17.5. The van der Waals surface area contributed by atoms with Crippen molar-refractivity contribution in [2.45, 2.75) is 60.1 Å². The Hall–Kier alpha value is -2.41. The van der Waals surface area contributed by atoms with Gasteiger partial charge in [0.2, 0.25) is 5.95 Å². The average molecular weight is 373 g/mol. The molecule has 7 heteroatoms. The molecule has 0 aliphatic carbocycles. The summed E-state index contributed by atoms with van der Waals surface area (Å²) in [5, 5.41) is 12.0. The van der Waals surface area contributed by atoms with E-state index in [2.05, 4.69) is 54.3 Å². The maximum atomic E-state index is 5.61. The minimum absolute atomic E-state index is 0.0859. The molecule has 3 rings (SSSR count). The zero-order chi connectivity index (χ0) is 20.0. The number of aromatic nitrogens is 5. The molecular formula is C20H32N6O. The van der Waals surface area contributed by atoms with Crippen LogP contribution in [0.15, 0.2) is 24.5 Å². The summed E-state index contributed by atoms with van der Waals surface area (Å²) in [4.78, 5) is 4.47. The highest BCUT2D eigenvalue weighted by Gasteiger charge is 2.17. The third-order valence-electron chi connectivity index (χ3n) is 4.00. The van der Waals surface area contributed by atoms with E-state index in [-0.39, 0.29) is 6.23 Å². The quantitative estimate of drug-likeness (QED) is 0.677. The summed E-state index contributed by atoms with van der Waals surface area (Å²) in [6, 6.07) is 4.07. The summed E-state index contributed by atoms with van der Waals surface area (Å²) in [5.41, 5.74) is 4.11. The van der Waals surface area contributed by atoms with E-state index in [1.807, 2.05) is 48.6 Å². The first-order valence-electron chi connectivity index (χ1n) is 9.70.